The number of Topliss-reactive ketones (excluding diaryl/α,β-unsaturated/α-hetero) is 1. The molecule has 0 radical (unpaired) electrons. The molecule has 6 nitrogen and oxygen atoms in total. The molecule has 6 heteroatoms. The van der Waals surface area contributed by atoms with Gasteiger partial charge in [-0.05, 0) is 63.0 Å². The number of hydrogen-bond acceptors (Lipinski definition) is 6. The van der Waals surface area contributed by atoms with E-state index in [9.17, 15) is 19.5 Å². The van der Waals surface area contributed by atoms with Gasteiger partial charge in [-0.15, -0.1) is 0 Å². The van der Waals surface area contributed by atoms with Gasteiger partial charge >= 0.3 is 5.97 Å². The molecule has 5 rings (SSSR count). The summed E-state index contributed by atoms with van der Waals surface area (Å²) in [4.78, 5) is 36.0. The Kier molecular flexibility index (Phi) is 3.75. The predicted octanol–water partition coefficient (Wildman–Crippen LogP) is 2.29. The average molecular weight is 400 g/mol. The number of esters is 1. The molecule has 5 aliphatic rings. The van der Waals surface area contributed by atoms with Crippen LogP contribution in [0, 0.1) is 22.7 Å². The lowest BCUT2D eigenvalue weighted by molar-refractivity contribution is -0.165. The van der Waals surface area contributed by atoms with Crippen molar-refractivity contribution in [2.45, 2.75) is 70.2 Å². The Morgan fingerprint density at radius 1 is 1.28 bits per heavy atom. The third-order valence-corrected chi connectivity index (χ3v) is 8.95. The van der Waals surface area contributed by atoms with E-state index in [4.69, 9.17) is 9.47 Å². The third-order valence-electron chi connectivity index (χ3n) is 8.95. The average Bonchev–Trinajstić information content (AvgIpc) is 3.32. The molecule has 1 saturated heterocycles. The predicted molar refractivity (Wildman–Crippen MR) is 103 cm³/mol. The van der Waals surface area contributed by atoms with Gasteiger partial charge in [-0.25, -0.2) is 0 Å². The molecular weight excluding hydrogens is 372 g/mol. The van der Waals surface area contributed by atoms with Gasteiger partial charge in [0.15, 0.2) is 12.4 Å². The summed E-state index contributed by atoms with van der Waals surface area (Å²) < 4.78 is 11.4. The fourth-order valence-electron chi connectivity index (χ4n) is 7.40. The fourth-order valence-corrected chi connectivity index (χ4v) is 7.40. The van der Waals surface area contributed by atoms with Crippen LogP contribution in [0.25, 0.3) is 0 Å². The molecular formula is C23H28O6. The zero-order valence-electron chi connectivity index (χ0n) is 17.2. The van der Waals surface area contributed by atoms with Crippen molar-refractivity contribution in [2.75, 3.05) is 6.61 Å². The summed E-state index contributed by atoms with van der Waals surface area (Å²) in [7, 11) is 0. The van der Waals surface area contributed by atoms with Crippen LogP contribution in [-0.4, -0.2) is 46.6 Å². The number of ketones is 2. The second-order valence-corrected chi connectivity index (χ2v) is 9.98. The molecule has 4 fully saturated rings. The molecule has 29 heavy (non-hydrogen) atoms. The highest BCUT2D eigenvalue weighted by Gasteiger charge is 2.81. The molecule has 4 aliphatic carbocycles. The summed E-state index contributed by atoms with van der Waals surface area (Å²) in [6.07, 6.45) is 8.86. The minimum atomic E-state index is -1.50. The van der Waals surface area contributed by atoms with Crippen LogP contribution in [0.15, 0.2) is 23.8 Å². The Labute approximate surface area is 170 Å². The maximum absolute atomic E-state index is 12.9. The van der Waals surface area contributed by atoms with E-state index in [0.717, 1.165) is 24.8 Å². The molecule has 1 N–H and O–H groups in total. The quantitative estimate of drug-likeness (QED) is 0.577. The number of fused-ring (bicyclic) bond motifs is 3. The molecule has 1 aliphatic heterocycles. The van der Waals surface area contributed by atoms with E-state index in [0.29, 0.717) is 12.8 Å². The van der Waals surface area contributed by atoms with Crippen LogP contribution >= 0.6 is 0 Å². The van der Waals surface area contributed by atoms with Crippen molar-refractivity contribution < 1.29 is 29.0 Å². The van der Waals surface area contributed by atoms with Gasteiger partial charge < -0.3 is 14.6 Å². The minimum absolute atomic E-state index is 0.0384. The highest BCUT2D eigenvalue weighted by atomic mass is 16.6. The Hall–Kier alpha value is -1.79. The van der Waals surface area contributed by atoms with Gasteiger partial charge in [0.25, 0.3) is 0 Å². The first-order valence-electron chi connectivity index (χ1n) is 10.6. The number of allylic oxidation sites excluding steroid dienone is 2. The first kappa shape index (κ1) is 19.2. The van der Waals surface area contributed by atoms with Crippen molar-refractivity contribution >= 4 is 17.5 Å². The summed E-state index contributed by atoms with van der Waals surface area (Å²) in [5.74, 6) is -0.514. The first-order chi connectivity index (χ1) is 13.6. The third kappa shape index (κ3) is 2.17. The van der Waals surface area contributed by atoms with E-state index in [-0.39, 0.29) is 41.3 Å². The molecule has 0 amide bonds. The van der Waals surface area contributed by atoms with Crippen LogP contribution in [0.4, 0.5) is 0 Å². The molecule has 156 valence electrons. The lowest BCUT2D eigenvalue weighted by Gasteiger charge is -2.55. The number of carbonyl (C=O) groups excluding carboxylic acids is 3. The molecule has 3 saturated carbocycles. The van der Waals surface area contributed by atoms with Crippen LogP contribution in [-0.2, 0) is 23.9 Å². The Morgan fingerprint density at radius 3 is 2.76 bits per heavy atom. The lowest BCUT2D eigenvalue weighted by atomic mass is 9.47. The summed E-state index contributed by atoms with van der Waals surface area (Å²) in [6, 6.07) is 0. The van der Waals surface area contributed by atoms with E-state index < -0.39 is 22.8 Å². The monoisotopic (exact) mass is 400 g/mol. The summed E-state index contributed by atoms with van der Waals surface area (Å²) >= 11 is 0. The summed E-state index contributed by atoms with van der Waals surface area (Å²) in [6.45, 7) is 5.06. The van der Waals surface area contributed by atoms with E-state index in [1.54, 1.807) is 12.2 Å². The van der Waals surface area contributed by atoms with Crippen molar-refractivity contribution in [1.29, 1.82) is 0 Å². The normalized spacial score (nSPS) is 49.3. The Bertz CT molecular complexity index is 888. The number of epoxide rings is 1. The van der Waals surface area contributed by atoms with E-state index in [2.05, 4.69) is 6.92 Å². The Morgan fingerprint density at radius 2 is 2.03 bits per heavy atom. The molecule has 1 heterocycles. The van der Waals surface area contributed by atoms with Crippen molar-refractivity contribution in [3.8, 4) is 0 Å². The van der Waals surface area contributed by atoms with Crippen LogP contribution in [0.2, 0.25) is 0 Å². The van der Waals surface area contributed by atoms with E-state index in [1.807, 2.05) is 13.0 Å². The van der Waals surface area contributed by atoms with Crippen LogP contribution < -0.4 is 0 Å². The van der Waals surface area contributed by atoms with Crippen LogP contribution in [0.1, 0.15) is 52.9 Å². The van der Waals surface area contributed by atoms with Gasteiger partial charge in [0.2, 0.25) is 5.78 Å². The highest BCUT2D eigenvalue weighted by molar-refractivity contribution is 6.01. The number of hydrogen-bond donors (Lipinski definition) is 1. The first-order valence-corrected chi connectivity index (χ1v) is 10.6. The van der Waals surface area contributed by atoms with E-state index in [1.165, 1.54) is 6.92 Å². The Balaban J connectivity index is 1.49. The number of rotatable bonds is 3. The summed E-state index contributed by atoms with van der Waals surface area (Å²) in [5.41, 5.74) is -1.61. The molecule has 1 spiro atoms. The maximum atomic E-state index is 12.9. The smallest absolute Gasteiger partial charge is 0.303 e. The molecule has 0 aromatic heterocycles. The fraction of sp³-hybridized carbons (Fsp3) is 0.696. The van der Waals surface area contributed by atoms with Crippen LogP contribution in [0.3, 0.4) is 0 Å². The SMILES string of the molecule is CC(=O)OCC(=O)[C@@]1(O)CC[C@H]2[C@@H]3CCC4=CC(=O)C=C[C@]4(C)[C@]34OC4C[C@@]21C. The van der Waals surface area contributed by atoms with Gasteiger partial charge in [-0.2, -0.15) is 0 Å². The zero-order valence-corrected chi connectivity index (χ0v) is 17.2. The van der Waals surface area contributed by atoms with Crippen molar-refractivity contribution in [3.05, 3.63) is 23.8 Å². The van der Waals surface area contributed by atoms with Gasteiger partial charge in [0.1, 0.15) is 11.2 Å². The molecule has 0 aromatic carbocycles. The van der Waals surface area contributed by atoms with Gasteiger partial charge in [0, 0.05) is 17.8 Å². The summed E-state index contributed by atoms with van der Waals surface area (Å²) in [5, 5.41) is 11.5. The lowest BCUT2D eigenvalue weighted by Crippen LogP contribution is -2.61. The van der Waals surface area contributed by atoms with Crippen molar-refractivity contribution in [3.63, 3.8) is 0 Å². The second-order valence-electron chi connectivity index (χ2n) is 9.98. The largest absolute Gasteiger partial charge is 0.458 e. The van der Waals surface area contributed by atoms with Crippen molar-refractivity contribution in [2.24, 2.45) is 22.7 Å². The minimum Gasteiger partial charge on any atom is -0.458 e. The van der Waals surface area contributed by atoms with Gasteiger partial charge in [0.05, 0.1) is 6.10 Å². The molecule has 7 atom stereocenters. The highest BCUT2D eigenvalue weighted by Crippen LogP contribution is 2.75. The van der Waals surface area contributed by atoms with Gasteiger partial charge in [-0.1, -0.05) is 18.6 Å². The van der Waals surface area contributed by atoms with Crippen LogP contribution in [0.5, 0.6) is 0 Å². The topological polar surface area (TPSA) is 93.2 Å². The number of carbonyl (C=O) groups is 3. The number of aliphatic hydroxyl groups is 1. The molecule has 1 unspecified atom stereocenters. The van der Waals surface area contributed by atoms with Crippen molar-refractivity contribution in [1.82, 2.24) is 0 Å². The van der Waals surface area contributed by atoms with Gasteiger partial charge in [-0.3, -0.25) is 14.4 Å². The molecule has 0 aromatic rings. The molecule has 0 bridgehead atoms. The second kappa shape index (κ2) is 5.67. The standard InChI is InChI=1S/C23H28O6/c1-13(24)28-12-18(26)22(27)9-7-16-17-5-4-14-10-15(25)6-8-20(14,2)23(17)19(29-23)11-21(16,22)3/h6,8,10,16-17,19,27H,4-5,7,9,11-12H2,1-3H3/t16-,17-,19?,20-,21-,22-,23-/m0/s1. The van der Waals surface area contributed by atoms with E-state index >= 15 is 0 Å². The number of ether oxygens (including phenoxy) is 2. The zero-order chi connectivity index (χ0) is 20.8. The maximum Gasteiger partial charge on any atom is 0.303 e.